The predicted molar refractivity (Wildman–Crippen MR) is 53.7 cm³/mol. The van der Waals surface area contributed by atoms with Crippen LogP contribution in [0, 0.1) is 5.92 Å². The molecule has 4 heteroatoms. The van der Waals surface area contributed by atoms with E-state index in [9.17, 15) is 0 Å². The quantitative estimate of drug-likeness (QED) is 0.756. The van der Waals surface area contributed by atoms with Crippen molar-refractivity contribution < 1.29 is 9.84 Å². The third-order valence-electron chi connectivity index (χ3n) is 2.04. The molecule has 2 N–H and O–H groups in total. The van der Waals surface area contributed by atoms with E-state index in [1.165, 1.54) is 0 Å². The molecule has 0 aliphatic heterocycles. The summed E-state index contributed by atoms with van der Waals surface area (Å²) in [4.78, 5) is 7.23. The zero-order chi connectivity index (χ0) is 10.6. The summed E-state index contributed by atoms with van der Waals surface area (Å²) in [5.74, 6) is 1.17. The van der Waals surface area contributed by atoms with Crippen molar-refractivity contribution in [3.05, 3.63) is 17.7 Å². The third-order valence-corrected chi connectivity index (χ3v) is 2.04. The average Bonchev–Trinajstić information content (AvgIpc) is 2.61. The molecule has 1 aromatic rings. The lowest BCUT2D eigenvalue weighted by molar-refractivity contribution is 0.0236. The summed E-state index contributed by atoms with van der Waals surface area (Å²) in [5.41, 5.74) is 0.727. The number of aliphatic hydroxyl groups excluding tert-OH is 1. The minimum absolute atomic E-state index is 0.00998. The van der Waals surface area contributed by atoms with E-state index in [0.29, 0.717) is 12.5 Å². The molecule has 0 amide bonds. The summed E-state index contributed by atoms with van der Waals surface area (Å²) < 4.78 is 5.57. The van der Waals surface area contributed by atoms with Gasteiger partial charge in [0.1, 0.15) is 11.9 Å². The van der Waals surface area contributed by atoms with E-state index in [1.807, 2.05) is 6.92 Å². The minimum atomic E-state index is -0.0136. The Morgan fingerprint density at radius 1 is 1.57 bits per heavy atom. The molecule has 0 bridgehead atoms. The van der Waals surface area contributed by atoms with Gasteiger partial charge in [0.05, 0.1) is 18.5 Å². The van der Waals surface area contributed by atoms with E-state index in [2.05, 4.69) is 23.8 Å². The number of nitrogens with one attached hydrogen (secondary N) is 1. The zero-order valence-corrected chi connectivity index (χ0v) is 8.95. The molecular weight excluding hydrogens is 180 g/mol. The first-order valence-corrected chi connectivity index (χ1v) is 4.95. The molecule has 0 fully saturated rings. The van der Waals surface area contributed by atoms with Gasteiger partial charge in [-0.3, -0.25) is 0 Å². The first-order valence-electron chi connectivity index (χ1n) is 4.95. The fraction of sp³-hybridized carbons (Fsp3) is 0.700. The zero-order valence-electron chi connectivity index (χ0n) is 8.95. The van der Waals surface area contributed by atoms with Gasteiger partial charge in [0.2, 0.25) is 0 Å². The van der Waals surface area contributed by atoms with E-state index in [1.54, 1.807) is 6.20 Å². The number of ether oxygens (including phenoxy) is 1. The number of nitrogens with zero attached hydrogens (tertiary/aromatic N) is 1. The Labute approximate surface area is 84.3 Å². The summed E-state index contributed by atoms with van der Waals surface area (Å²) in [7, 11) is 0. The van der Waals surface area contributed by atoms with Gasteiger partial charge < -0.3 is 14.8 Å². The van der Waals surface area contributed by atoms with Gasteiger partial charge >= 0.3 is 0 Å². The maximum Gasteiger partial charge on any atom is 0.135 e. The van der Waals surface area contributed by atoms with Crippen LogP contribution in [0.4, 0.5) is 0 Å². The van der Waals surface area contributed by atoms with Crippen molar-refractivity contribution in [3.8, 4) is 0 Å². The number of rotatable bonds is 5. The Bertz CT molecular complexity index is 271. The van der Waals surface area contributed by atoms with Gasteiger partial charge in [-0.05, 0) is 12.8 Å². The summed E-state index contributed by atoms with van der Waals surface area (Å²) >= 11 is 0. The normalized spacial score (nSPS) is 13.5. The highest BCUT2D eigenvalue weighted by Gasteiger charge is 2.18. The molecule has 14 heavy (non-hydrogen) atoms. The number of hydrogen-bond donors (Lipinski definition) is 2. The van der Waals surface area contributed by atoms with Gasteiger partial charge in [-0.2, -0.15) is 0 Å². The number of hydrogen-bond acceptors (Lipinski definition) is 3. The minimum Gasteiger partial charge on any atom is -0.390 e. The Kier molecular flexibility index (Phi) is 4.10. The van der Waals surface area contributed by atoms with Crippen molar-refractivity contribution in [3.63, 3.8) is 0 Å². The standard InChI is InChI=1S/C10H18N2O2/c1-4-14-9(7(2)3)10-11-5-8(6-13)12-10/h5,7,9,13H,4,6H2,1-3H3,(H,11,12). The van der Waals surface area contributed by atoms with E-state index in [4.69, 9.17) is 9.84 Å². The fourth-order valence-corrected chi connectivity index (χ4v) is 1.37. The maximum absolute atomic E-state index is 8.89. The van der Waals surface area contributed by atoms with Gasteiger partial charge in [-0.15, -0.1) is 0 Å². The maximum atomic E-state index is 8.89. The largest absolute Gasteiger partial charge is 0.390 e. The van der Waals surface area contributed by atoms with E-state index in [0.717, 1.165) is 11.5 Å². The van der Waals surface area contributed by atoms with Crippen molar-refractivity contribution >= 4 is 0 Å². The third kappa shape index (κ3) is 2.56. The first kappa shape index (κ1) is 11.2. The first-order chi connectivity index (χ1) is 6.69. The second kappa shape index (κ2) is 5.12. The van der Waals surface area contributed by atoms with Crippen LogP contribution in [0.3, 0.4) is 0 Å². The Balaban J connectivity index is 2.76. The van der Waals surface area contributed by atoms with E-state index in [-0.39, 0.29) is 12.7 Å². The van der Waals surface area contributed by atoms with Crippen molar-refractivity contribution in [2.45, 2.75) is 33.5 Å². The lowest BCUT2D eigenvalue weighted by atomic mass is 10.1. The van der Waals surface area contributed by atoms with Crippen molar-refractivity contribution in [2.24, 2.45) is 5.92 Å². The Hall–Kier alpha value is -0.870. The molecule has 1 unspecified atom stereocenters. The van der Waals surface area contributed by atoms with E-state index >= 15 is 0 Å². The van der Waals surface area contributed by atoms with Crippen LogP contribution < -0.4 is 0 Å². The number of H-pyrrole nitrogens is 1. The van der Waals surface area contributed by atoms with Gasteiger partial charge in [-0.1, -0.05) is 13.8 Å². The summed E-state index contributed by atoms with van der Waals surface area (Å²) in [5, 5.41) is 8.89. The molecule has 1 heterocycles. The van der Waals surface area contributed by atoms with Crippen molar-refractivity contribution in [2.75, 3.05) is 6.61 Å². The van der Waals surface area contributed by atoms with Crippen LogP contribution in [0.2, 0.25) is 0 Å². The highest BCUT2D eigenvalue weighted by Crippen LogP contribution is 2.22. The molecule has 1 atom stereocenters. The molecule has 1 rings (SSSR count). The summed E-state index contributed by atoms with van der Waals surface area (Å²) in [6.45, 7) is 6.79. The molecule has 80 valence electrons. The van der Waals surface area contributed by atoms with Gasteiger partial charge in [0.15, 0.2) is 0 Å². The van der Waals surface area contributed by atoms with E-state index < -0.39 is 0 Å². The lowest BCUT2D eigenvalue weighted by Crippen LogP contribution is -2.12. The molecule has 0 saturated carbocycles. The molecule has 0 saturated heterocycles. The average molecular weight is 198 g/mol. The van der Waals surface area contributed by atoms with Crippen LogP contribution in [0.15, 0.2) is 6.20 Å². The van der Waals surface area contributed by atoms with Crippen LogP contribution in [-0.2, 0) is 11.3 Å². The smallest absolute Gasteiger partial charge is 0.135 e. The fourth-order valence-electron chi connectivity index (χ4n) is 1.37. The van der Waals surface area contributed by atoms with Gasteiger partial charge in [0.25, 0.3) is 0 Å². The molecule has 4 nitrogen and oxygen atoms in total. The van der Waals surface area contributed by atoms with Gasteiger partial charge in [0, 0.05) is 6.61 Å². The SMILES string of the molecule is CCOC(c1ncc(CO)[nH]1)C(C)C. The van der Waals surface area contributed by atoms with Crippen LogP contribution in [0.5, 0.6) is 0 Å². The number of imidazole rings is 1. The van der Waals surface area contributed by atoms with Gasteiger partial charge in [-0.25, -0.2) is 4.98 Å². The highest BCUT2D eigenvalue weighted by molar-refractivity contribution is 5.03. The molecule has 0 aliphatic carbocycles. The molecule has 0 aliphatic rings. The van der Waals surface area contributed by atoms with Crippen LogP contribution in [0.1, 0.15) is 38.4 Å². The number of aromatic amines is 1. The number of aliphatic hydroxyl groups is 1. The Morgan fingerprint density at radius 3 is 2.71 bits per heavy atom. The van der Waals surface area contributed by atoms with Crippen LogP contribution >= 0.6 is 0 Å². The molecule has 1 aromatic heterocycles. The monoisotopic (exact) mass is 198 g/mol. The second-order valence-electron chi connectivity index (χ2n) is 3.57. The molecule has 0 aromatic carbocycles. The van der Waals surface area contributed by atoms with Crippen molar-refractivity contribution in [1.82, 2.24) is 9.97 Å². The number of aromatic nitrogens is 2. The Morgan fingerprint density at radius 2 is 2.29 bits per heavy atom. The molecule has 0 radical (unpaired) electrons. The molecular formula is C10H18N2O2. The molecule has 0 spiro atoms. The predicted octanol–water partition coefficient (Wildman–Crippen LogP) is 1.64. The second-order valence-corrected chi connectivity index (χ2v) is 3.57. The lowest BCUT2D eigenvalue weighted by Gasteiger charge is -2.18. The summed E-state index contributed by atoms with van der Waals surface area (Å²) in [6.07, 6.45) is 1.63. The summed E-state index contributed by atoms with van der Waals surface area (Å²) in [6, 6.07) is 0. The van der Waals surface area contributed by atoms with Crippen LogP contribution in [0.25, 0.3) is 0 Å². The topological polar surface area (TPSA) is 58.1 Å². The van der Waals surface area contributed by atoms with Crippen LogP contribution in [-0.4, -0.2) is 21.7 Å². The van der Waals surface area contributed by atoms with Crippen molar-refractivity contribution in [1.29, 1.82) is 0 Å². The highest BCUT2D eigenvalue weighted by atomic mass is 16.5.